The van der Waals surface area contributed by atoms with Gasteiger partial charge in [-0.3, -0.25) is 0 Å². The van der Waals surface area contributed by atoms with E-state index in [-0.39, 0.29) is 27.4 Å². The molecule has 4 heteroatoms. The maximum absolute atomic E-state index is 6.65. The molecule has 0 N–H and O–H groups in total. The molecule has 0 aromatic rings. The van der Waals surface area contributed by atoms with Crippen LogP contribution in [0, 0.1) is 10.8 Å². The molecule has 1 spiro atoms. The average molecular weight is 413 g/mol. The standard InChI is InChI=1S/C15H21Br2ClO/c1-12(2)9(16)7-11-14(4,19-11)15(12)6-5-13(3,18)10(17)8-15/h7,10-11H,5-6,8H2,1-4H3/t10?,11-,13?,14-,15?/m1/s1. The van der Waals surface area contributed by atoms with Crippen molar-refractivity contribution in [3.8, 4) is 0 Å². The summed E-state index contributed by atoms with van der Waals surface area (Å²) >= 11 is 14.3. The van der Waals surface area contributed by atoms with Crippen LogP contribution in [0.1, 0.15) is 47.0 Å². The summed E-state index contributed by atoms with van der Waals surface area (Å²) in [5.74, 6) is 0. The van der Waals surface area contributed by atoms with Crippen molar-refractivity contribution in [2.75, 3.05) is 0 Å². The molecule has 108 valence electrons. The molecule has 1 heterocycles. The largest absolute Gasteiger partial charge is 0.361 e. The van der Waals surface area contributed by atoms with E-state index in [2.05, 4.69) is 65.6 Å². The zero-order chi connectivity index (χ0) is 14.3. The molecule has 3 aliphatic rings. The van der Waals surface area contributed by atoms with Gasteiger partial charge in [0, 0.05) is 20.1 Å². The molecule has 3 unspecified atom stereocenters. The van der Waals surface area contributed by atoms with Crippen LogP contribution in [0.15, 0.2) is 10.6 Å². The van der Waals surface area contributed by atoms with E-state index in [4.69, 9.17) is 16.3 Å². The van der Waals surface area contributed by atoms with Crippen molar-refractivity contribution in [3.63, 3.8) is 0 Å². The van der Waals surface area contributed by atoms with Gasteiger partial charge in [0.15, 0.2) is 0 Å². The highest BCUT2D eigenvalue weighted by atomic mass is 79.9. The van der Waals surface area contributed by atoms with Gasteiger partial charge in [-0.2, -0.15) is 0 Å². The zero-order valence-corrected chi connectivity index (χ0v) is 15.8. The average Bonchev–Trinajstić information content (AvgIpc) is 2.94. The van der Waals surface area contributed by atoms with E-state index in [1.165, 1.54) is 4.48 Å². The second kappa shape index (κ2) is 4.02. The summed E-state index contributed by atoms with van der Waals surface area (Å²) in [6.07, 6.45) is 5.74. The SMILES string of the molecule is CC1(Cl)CCC2(CC1Br)C(C)(C)C(Br)=C[C@H]1O[C@]12C. The number of halogens is 3. The molecule has 1 nitrogen and oxygen atoms in total. The number of ether oxygens (including phenoxy) is 1. The lowest BCUT2D eigenvalue weighted by atomic mass is 9.49. The van der Waals surface area contributed by atoms with Crippen molar-refractivity contribution in [2.24, 2.45) is 10.8 Å². The molecule has 0 aromatic carbocycles. The van der Waals surface area contributed by atoms with Gasteiger partial charge in [-0.1, -0.05) is 45.7 Å². The Labute approximate surface area is 137 Å². The quantitative estimate of drug-likeness (QED) is 0.384. The molecular formula is C15H21Br2ClO. The lowest BCUT2D eigenvalue weighted by molar-refractivity contribution is -0.0251. The molecular weight excluding hydrogens is 391 g/mol. The van der Waals surface area contributed by atoms with Gasteiger partial charge in [-0.05, 0) is 39.2 Å². The first-order valence-corrected chi connectivity index (χ1v) is 9.04. The van der Waals surface area contributed by atoms with E-state index < -0.39 is 0 Å². The van der Waals surface area contributed by atoms with Gasteiger partial charge < -0.3 is 4.74 Å². The summed E-state index contributed by atoms with van der Waals surface area (Å²) in [4.78, 5) is 0.185. The maximum Gasteiger partial charge on any atom is 0.107 e. The summed E-state index contributed by atoms with van der Waals surface area (Å²) in [6, 6.07) is 0. The van der Waals surface area contributed by atoms with Crippen LogP contribution in [0.3, 0.4) is 0 Å². The van der Waals surface area contributed by atoms with Crippen LogP contribution in [0.5, 0.6) is 0 Å². The molecule has 2 aliphatic carbocycles. The van der Waals surface area contributed by atoms with Gasteiger partial charge in [-0.25, -0.2) is 0 Å². The molecule has 0 amide bonds. The van der Waals surface area contributed by atoms with E-state index in [9.17, 15) is 0 Å². The predicted molar refractivity (Wildman–Crippen MR) is 87.3 cm³/mol. The highest BCUT2D eigenvalue weighted by Crippen LogP contribution is 2.71. The van der Waals surface area contributed by atoms with Gasteiger partial charge >= 0.3 is 0 Å². The summed E-state index contributed by atoms with van der Waals surface area (Å²) in [5, 5.41) is 0. The Morgan fingerprint density at radius 2 is 1.89 bits per heavy atom. The van der Waals surface area contributed by atoms with E-state index in [0.29, 0.717) is 4.83 Å². The number of fused-ring (bicyclic) bond motifs is 2. The predicted octanol–water partition coefficient (Wildman–Crippen LogP) is 5.39. The van der Waals surface area contributed by atoms with Crippen LogP contribution in [0.4, 0.5) is 0 Å². The van der Waals surface area contributed by atoms with Crippen LogP contribution in [-0.2, 0) is 4.74 Å². The third kappa shape index (κ3) is 1.74. The number of hydrogen-bond acceptors (Lipinski definition) is 1. The number of alkyl halides is 2. The Kier molecular flexibility index (Phi) is 3.15. The van der Waals surface area contributed by atoms with Crippen LogP contribution in [-0.4, -0.2) is 21.4 Å². The highest BCUT2D eigenvalue weighted by molar-refractivity contribution is 9.11. The van der Waals surface area contributed by atoms with Gasteiger partial charge in [0.05, 0.1) is 4.87 Å². The van der Waals surface area contributed by atoms with Crippen LogP contribution < -0.4 is 0 Å². The smallest absolute Gasteiger partial charge is 0.107 e. The number of rotatable bonds is 0. The molecule has 0 radical (unpaired) electrons. The molecule has 5 atom stereocenters. The number of allylic oxidation sites excluding steroid dienone is 1. The number of hydrogen-bond donors (Lipinski definition) is 0. The fourth-order valence-corrected chi connectivity index (χ4v) is 5.82. The molecule has 19 heavy (non-hydrogen) atoms. The minimum Gasteiger partial charge on any atom is -0.361 e. The summed E-state index contributed by atoms with van der Waals surface area (Å²) < 4.78 is 7.40. The third-order valence-electron chi connectivity index (χ3n) is 6.12. The van der Waals surface area contributed by atoms with E-state index in [0.717, 1.165) is 19.3 Å². The molecule has 1 saturated heterocycles. The Bertz CT molecular complexity index is 459. The van der Waals surface area contributed by atoms with Crippen molar-refractivity contribution in [3.05, 3.63) is 10.6 Å². The molecule has 1 saturated carbocycles. The lowest BCUT2D eigenvalue weighted by Gasteiger charge is -2.57. The Morgan fingerprint density at radius 1 is 1.26 bits per heavy atom. The van der Waals surface area contributed by atoms with Gasteiger partial charge in [0.1, 0.15) is 11.7 Å². The van der Waals surface area contributed by atoms with Crippen LogP contribution in [0.25, 0.3) is 0 Å². The Balaban J connectivity index is 2.06. The summed E-state index contributed by atoms with van der Waals surface area (Å²) in [5.41, 5.74) is 0.224. The molecule has 1 aliphatic heterocycles. The van der Waals surface area contributed by atoms with Crippen molar-refractivity contribution in [1.82, 2.24) is 0 Å². The summed E-state index contributed by atoms with van der Waals surface area (Å²) in [6.45, 7) is 9.11. The maximum atomic E-state index is 6.65. The minimum absolute atomic E-state index is 0.0207. The molecule has 3 rings (SSSR count). The van der Waals surface area contributed by atoms with Crippen molar-refractivity contribution in [1.29, 1.82) is 0 Å². The normalized spacial score (nSPS) is 55.6. The van der Waals surface area contributed by atoms with E-state index in [1.54, 1.807) is 0 Å². The van der Waals surface area contributed by atoms with Gasteiger partial charge in [0.25, 0.3) is 0 Å². The second-order valence-electron chi connectivity index (χ2n) is 7.32. The van der Waals surface area contributed by atoms with E-state index >= 15 is 0 Å². The lowest BCUT2D eigenvalue weighted by Crippen LogP contribution is -2.57. The summed E-state index contributed by atoms with van der Waals surface area (Å²) in [7, 11) is 0. The first-order chi connectivity index (χ1) is 8.57. The van der Waals surface area contributed by atoms with Gasteiger partial charge in [-0.15, -0.1) is 11.6 Å². The second-order valence-corrected chi connectivity index (χ2v) is 10.1. The zero-order valence-electron chi connectivity index (χ0n) is 11.9. The number of epoxide rings is 1. The van der Waals surface area contributed by atoms with Crippen LogP contribution >= 0.6 is 43.5 Å². The van der Waals surface area contributed by atoms with Crippen molar-refractivity contribution >= 4 is 43.5 Å². The van der Waals surface area contributed by atoms with E-state index in [1.807, 2.05) is 0 Å². The van der Waals surface area contributed by atoms with Crippen molar-refractivity contribution in [2.45, 2.75) is 68.4 Å². The van der Waals surface area contributed by atoms with Crippen LogP contribution in [0.2, 0.25) is 0 Å². The fourth-order valence-electron chi connectivity index (χ4n) is 4.25. The third-order valence-corrected chi connectivity index (χ3v) is 9.43. The first kappa shape index (κ1) is 14.9. The molecule has 0 bridgehead atoms. The minimum atomic E-state index is -0.143. The fraction of sp³-hybridized carbons (Fsp3) is 0.867. The first-order valence-electron chi connectivity index (χ1n) is 6.95. The van der Waals surface area contributed by atoms with Crippen molar-refractivity contribution < 1.29 is 4.74 Å². The monoisotopic (exact) mass is 410 g/mol. The highest BCUT2D eigenvalue weighted by Gasteiger charge is 2.73. The Morgan fingerprint density at radius 3 is 2.47 bits per heavy atom. The molecule has 2 fully saturated rings. The van der Waals surface area contributed by atoms with Gasteiger partial charge in [0.2, 0.25) is 0 Å². The Hall–Kier alpha value is 0.950. The topological polar surface area (TPSA) is 12.5 Å². The molecule has 0 aromatic heterocycles.